The number of amides is 1. The second-order valence-electron chi connectivity index (χ2n) is 5.72. The van der Waals surface area contributed by atoms with Crippen LogP contribution < -0.4 is 10.6 Å². The first-order valence-electron chi connectivity index (χ1n) is 7.44. The van der Waals surface area contributed by atoms with E-state index in [2.05, 4.69) is 17.2 Å². The summed E-state index contributed by atoms with van der Waals surface area (Å²) in [4.78, 5) is 12.2. The van der Waals surface area contributed by atoms with Crippen molar-refractivity contribution in [3.05, 3.63) is 12.2 Å². The Morgan fingerprint density at radius 3 is 2.48 bits per heavy atom. The third-order valence-corrected chi connectivity index (χ3v) is 4.44. The third kappa shape index (κ3) is 7.59. The summed E-state index contributed by atoms with van der Waals surface area (Å²) in [6, 6.07) is -0.291. The van der Waals surface area contributed by atoms with Crippen molar-refractivity contribution in [2.45, 2.75) is 57.5 Å². The van der Waals surface area contributed by atoms with Crippen molar-refractivity contribution in [3.63, 3.8) is 0 Å². The standard InChI is InChI=1S/C14H26N2O4S/c1-11(2)13(15-9-6-10-21(18,19)20)14(17)16-12-7-4-3-5-8-12/h12-13,15H,1,3-10H2,2H3,(H,16,17)(H,18,19,20)/t13-/m0/s1. The lowest BCUT2D eigenvalue weighted by Crippen LogP contribution is -2.49. The number of carbonyl (C=O) groups excluding carboxylic acids is 1. The molecule has 122 valence electrons. The van der Waals surface area contributed by atoms with Crippen LogP contribution in [0.15, 0.2) is 12.2 Å². The molecule has 1 rings (SSSR count). The molecule has 0 aromatic rings. The van der Waals surface area contributed by atoms with E-state index in [0.717, 1.165) is 25.7 Å². The van der Waals surface area contributed by atoms with Crippen molar-refractivity contribution in [1.82, 2.24) is 10.6 Å². The van der Waals surface area contributed by atoms with Crippen molar-refractivity contribution in [2.75, 3.05) is 12.3 Å². The Bertz CT molecular complexity index is 456. The van der Waals surface area contributed by atoms with Crippen molar-refractivity contribution >= 4 is 16.0 Å². The maximum Gasteiger partial charge on any atom is 0.264 e. The van der Waals surface area contributed by atoms with Crippen LogP contribution in [0.1, 0.15) is 45.4 Å². The van der Waals surface area contributed by atoms with Crippen LogP contribution in [0.2, 0.25) is 0 Å². The number of hydrogen-bond acceptors (Lipinski definition) is 4. The van der Waals surface area contributed by atoms with Crippen LogP contribution in [0.3, 0.4) is 0 Å². The van der Waals surface area contributed by atoms with Crippen molar-refractivity contribution in [2.24, 2.45) is 0 Å². The van der Waals surface area contributed by atoms with Crippen molar-refractivity contribution in [3.8, 4) is 0 Å². The highest BCUT2D eigenvalue weighted by Gasteiger charge is 2.22. The van der Waals surface area contributed by atoms with E-state index in [1.54, 1.807) is 6.92 Å². The lowest BCUT2D eigenvalue weighted by atomic mass is 9.95. The Balaban J connectivity index is 2.40. The molecule has 0 bridgehead atoms. The van der Waals surface area contributed by atoms with E-state index < -0.39 is 16.2 Å². The summed E-state index contributed by atoms with van der Waals surface area (Å²) in [5.41, 5.74) is 0.690. The topological polar surface area (TPSA) is 95.5 Å². The van der Waals surface area contributed by atoms with E-state index in [4.69, 9.17) is 4.55 Å². The van der Waals surface area contributed by atoms with Gasteiger partial charge in [-0.25, -0.2) is 0 Å². The minimum absolute atomic E-state index is 0.110. The molecule has 1 aliphatic rings. The molecule has 0 aromatic heterocycles. The predicted molar refractivity (Wildman–Crippen MR) is 82.7 cm³/mol. The first kappa shape index (κ1) is 18.1. The van der Waals surface area contributed by atoms with Gasteiger partial charge in [0.15, 0.2) is 0 Å². The first-order valence-corrected chi connectivity index (χ1v) is 9.05. The van der Waals surface area contributed by atoms with Crippen LogP contribution in [-0.4, -0.2) is 43.3 Å². The lowest BCUT2D eigenvalue weighted by molar-refractivity contribution is -0.123. The van der Waals surface area contributed by atoms with E-state index in [9.17, 15) is 13.2 Å². The summed E-state index contributed by atoms with van der Waals surface area (Å²) in [7, 11) is -3.95. The van der Waals surface area contributed by atoms with Crippen LogP contribution in [0.4, 0.5) is 0 Å². The molecular formula is C14H26N2O4S. The van der Waals surface area contributed by atoms with Crippen molar-refractivity contribution in [1.29, 1.82) is 0 Å². The van der Waals surface area contributed by atoms with Crippen LogP contribution in [-0.2, 0) is 14.9 Å². The number of hydrogen-bond donors (Lipinski definition) is 3. The SMILES string of the molecule is C=C(C)[C@H](NCCCS(=O)(=O)O)C(=O)NC1CCCCC1. The van der Waals surface area contributed by atoms with Gasteiger partial charge in [0, 0.05) is 6.04 Å². The second kappa shape index (κ2) is 8.51. The Hall–Kier alpha value is -0.920. The summed E-state index contributed by atoms with van der Waals surface area (Å²) >= 11 is 0. The Morgan fingerprint density at radius 2 is 1.95 bits per heavy atom. The lowest BCUT2D eigenvalue weighted by Gasteiger charge is -2.26. The zero-order valence-corrected chi connectivity index (χ0v) is 13.4. The molecule has 0 spiro atoms. The monoisotopic (exact) mass is 318 g/mol. The highest BCUT2D eigenvalue weighted by Crippen LogP contribution is 2.17. The normalized spacial score (nSPS) is 18.2. The Labute approximate surface area is 127 Å². The minimum Gasteiger partial charge on any atom is -0.352 e. The Morgan fingerprint density at radius 1 is 1.33 bits per heavy atom. The maximum atomic E-state index is 12.2. The highest BCUT2D eigenvalue weighted by atomic mass is 32.2. The first-order chi connectivity index (χ1) is 9.79. The average Bonchev–Trinajstić information content (AvgIpc) is 2.37. The van der Waals surface area contributed by atoms with E-state index >= 15 is 0 Å². The minimum atomic E-state index is -3.95. The quantitative estimate of drug-likeness (QED) is 0.356. The van der Waals surface area contributed by atoms with Crippen LogP contribution in [0.5, 0.6) is 0 Å². The van der Waals surface area contributed by atoms with Gasteiger partial charge in [-0.2, -0.15) is 8.42 Å². The molecule has 3 N–H and O–H groups in total. The van der Waals surface area contributed by atoms with Gasteiger partial charge in [0.25, 0.3) is 10.1 Å². The second-order valence-corrected chi connectivity index (χ2v) is 7.29. The molecule has 0 heterocycles. The largest absolute Gasteiger partial charge is 0.352 e. The smallest absolute Gasteiger partial charge is 0.264 e. The van der Waals surface area contributed by atoms with Crippen LogP contribution in [0.25, 0.3) is 0 Å². The molecular weight excluding hydrogens is 292 g/mol. The molecule has 0 unspecified atom stereocenters. The number of rotatable bonds is 8. The molecule has 0 saturated heterocycles. The van der Waals surface area contributed by atoms with Crippen LogP contribution >= 0.6 is 0 Å². The van der Waals surface area contributed by atoms with Gasteiger partial charge in [-0.3, -0.25) is 9.35 Å². The fourth-order valence-corrected chi connectivity index (χ4v) is 3.03. The van der Waals surface area contributed by atoms with Gasteiger partial charge in [-0.15, -0.1) is 0 Å². The molecule has 0 radical (unpaired) electrons. The average molecular weight is 318 g/mol. The number of nitrogens with one attached hydrogen (secondary N) is 2. The third-order valence-electron chi connectivity index (χ3n) is 3.63. The van der Waals surface area contributed by atoms with Gasteiger partial charge in [0.05, 0.1) is 5.75 Å². The molecule has 1 aliphatic carbocycles. The molecule has 0 aromatic carbocycles. The van der Waals surface area contributed by atoms with Gasteiger partial charge in [-0.1, -0.05) is 31.4 Å². The van der Waals surface area contributed by atoms with E-state index in [-0.39, 0.29) is 24.1 Å². The summed E-state index contributed by atoms with van der Waals surface area (Å²) < 4.78 is 29.9. The molecule has 21 heavy (non-hydrogen) atoms. The summed E-state index contributed by atoms with van der Waals surface area (Å²) in [5, 5.41) is 6.02. The van der Waals surface area contributed by atoms with E-state index in [0.29, 0.717) is 12.1 Å². The van der Waals surface area contributed by atoms with E-state index in [1.807, 2.05) is 0 Å². The fourth-order valence-electron chi connectivity index (χ4n) is 2.52. The molecule has 1 fully saturated rings. The van der Waals surface area contributed by atoms with Gasteiger partial charge in [0.2, 0.25) is 5.91 Å². The van der Waals surface area contributed by atoms with Crippen LogP contribution in [0, 0.1) is 0 Å². The molecule has 1 amide bonds. The Kier molecular flexibility index (Phi) is 7.34. The van der Waals surface area contributed by atoms with Gasteiger partial charge >= 0.3 is 0 Å². The summed E-state index contributed by atoms with van der Waals surface area (Å²) in [6.45, 7) is 5.90. The van der Waals surface area contributed by atoms with E-state index in [1.165, 1.54) is 6.42 Å². The summed E-state index contributed by atoms with van der Waals surface area (Å²) in [6.07, 6.45) is 5.78. The molecule has 6 nitrogen and oxygen atoms in total. The molecule has 7 heteroatoms. The zero-order valence-electron chi connectivity index (χ0n) is 12.6. The highest BCUT2D eigenvalue weighted by molar-refractivity contribution is 7.85. The van der Waals surface area contributed by atoms with Gasteiger partial charge in [0.1, 0.15) is 6.04 Å². The maximum absolute atomic E-state index is 12.2. The van der Waals surface area contributed by atoms with Gasteiger partial charge < -0.3 is 10.6 Å². The predicted octanol–water partition coefficient (Wildman–Crippen LogP) is 1.25. The molecule has 1 saturated carbocycles. The fraction of sp³-hybridized carbons (Fsp3) is 0.786. The zero-order chi connectivity index (χ0) is 15.9. The number of carbonyl (C=O) groups is 1. The van der Waals surface area contributed by atoms with Crippen molar-refractivity contribution < 1.29 is 17.8 Å². The molecule has 0 aliphatic heterocycles. The van der Waals surface area contributed by atoms with Gasteiger partial charge in [-0.05, 0) is 32.7 Å². The molecule has 1 atom stereocenters. The summed E-state index contributed by atoms with van der Waals surface area (Å²) in [5.74, 6) is -0.422.